The molecule has 0 radical (unpaired) electrons. The van der Waals surface area contributed by atoms with Gasteiger partial charge >= 0.3 is 0 Å². The van der Waals surface area contributed by atoms with Gasteiger partial charge in [0.05, 0.1) is 17.8 Å². The summed E-state index contributed by atoms with van der Waals surface area (Å²) in [5.74, 6) is -1.39. The number of aryl methyl sites for hydroxylation is 1. The fraction of sp³-hybridized carbons (Fsp3) is 0.154. The van der Waals surface area contributed by atoms with Gasteiger partial charge in [-0.05, 0) is 35.0 Å². The van der Waals surface area contributed by atoms with E-state index in [0.29, 0.717) is 21.6 Å². The van der Waals surface area contributed by atoms with E-state index in [1.807, 2.05) is 0 Å². The van der Waals surface area contributed by atoms with Crippen molar-refractivity contribution >= 4 is 33.3 Å². The first kappa shape index (κ1) is 13.0. The van der Waals surface area contributed by atoms with Crippen molar-refractivity contribution in [3.05, 3.63) is 45.5 Å². The number of fused-ring (bicyclic) bond motifs is 1. The van der Waals surface area contributed by atoms with Crippen molar-refractivity contribution in [2.45, 2.75) is 13.5 Å². The van der Waals surface area contributed by atoms with Crippen LogP contribution in [0.5, 0.6) is 0 Å². The van der Waals surface area contributed by atoms with Crippen LogP contribution < -0.4 is 4.90 Å². The molecule has 1 aromatic heterocycles. The highest BCUT2D eigenvalue weighted by Gasteiger charge is 2.38. The molecule has 0 bridgehead atoms. The van der Waals surface area contributed by atoms with Gasteiger partial charge in [-0.25, -0.2) is 4.39 Å². The Balaban J connectivity index is 2.06. The molecular formula is C13H8BrFN2O3. The van der Waals surface area contributed by atoms with E-state index in [9.17, 15) is 14.0 Å². The summed E-state index contributed by atoms with van der Waals surface area (Å²) in [6, 6.07) is 3.95. The molecule has 2 aromatic rings. The molecule has 20 heavy (non-hydrogen) atoms. The standard InChI is InChI=1S/C13H8BrFN2O3/c1-6-2-8(16-20-6)5-17-11-9(12(18)13(17)19)3-7(15)4-10(11)14/h2-4H,5H2,1H3. The van der Waals surface area contributed by atoms with Crippen molar-refractivity contribution in [3.63, 3.8) is 0 Å². The number of carbonyl (C=O) groups excluding carboxylic acids is 2. The van der Waals surface area contributed by atoms with Crippen LogP contribution in [-0.4, -0.2) is 16.8 Å². The first-order valence-corrected chi connectivity index (χ1v) is 6.54. The molecule has 0 atom stereocenters. The number of hydrogen-bond acceptors (Lipinski definition) is 4. The minimum atomic E-state index is -0.722. The van der Waals surface area contributed by atoms with Crippen molar-refractivity contribution < 1.29 is 18.5 Å². The number of benzene rings is 1. The summed E-state index contributed by atoms with van der Waals surface area (Å²) in [6.07, 6.45) is 0. The lowest BCUT2D eigenvalue weighted by Crippen LogP contribution is -2.29. The fourth-order valence-electron chi connectivity index (χ4n) is 2.16. The van der Waals surface area contributed by atoms with Crippen LogP contribution in [0.4, 0.5) is 10.1 Å². The summed E-state index contributed by atoms with van der Waals surface area (Å²) < 4.78 is 18.6. The Hall–Kier alpha value is -2.02. The van der Waals surface area contributed by atoms with Crippen LogP contribution in [-0.2, 0) is 11.3 Å². The number of rotatable bonds is 2. The Morgan fingerprint density at radius 1 is 1.35 bits per heavy atom. The molecule has 0 spiro atoms. The fourth-order valence-corrected chi connectivity index (χ4v) is 2.80. The maximum absolute atomic E-state index is 13.3. The largest absolute Gasteiger partial charge is 0.361 e. The summed E-state index contributed by atoms with van der Waals surface area (Å²) in [7, 11) is 0. The van der Waals surface area contributed by atoms with Gasteiger partial charge in [0.15, 0.2) is 0 Å². The van der Waals surface area contributed by atoms with Gasteiger partial charge in [0, 0.05) is 10.5 Å². The van der Waals surface area contributed by atoms with Gasteiger partial charge in [-0.2, -0.15) is 0 Å². The normalized spacial score (nSPS) is 14.1. The lowest BCUT2D eigenvalue weighted by molar-refractivity contribution is -0.114. The molecule has 0 aliphatic carbocycles. The monoisotopic (exact) mass is 338 g/mol. The number of carbonyl (C=O) groups is 2. The molecule has 0 saturated carbocycles. The third-order valence-electron chi connectivity index (χ3n) is 2.98. The van der Waals surface area contributed by atoms with Crippen molar-refractivity contribution in [2.24, 2.45) is 0 Å². The van der Waals surface area contributed by atoms with Crippen molar-refractivity contribution in [3.8, 4) is 0 Å². The molecule has 2 heterocycles. The number of halogens is 2. The number of anilines is 1. The quantitative estimate of drug-likeness (QED) is 0.789. The number of amides is 1. The van der Waals surface area contributed by atoms with Gasteiger partial charge in [0.2, 0.25) is 0 Å². The predicted octanol–water partition coefficient (Wildman–Crippen LogP) is 2.61. The molecule has 1 aromatic carbocycles. The first-order valence-electron chi connectivity index (χ1n) is 5.75. The van der Waals surface area contributed by atoms with Gasteiger partial charge in [0.25, 0.3) is 11.7 Å². The highest BCUT2D eigenvalue weighted by Crippen LogP contribution is 2.37. The van der Waals surface area contributed by atoms with Crippen molar-refractivity contribution in [1.82, 2.24) is 5.16 Å². The van der Waals surface area contributed by atoms with Crippen LogP contribution >= 0.6 is 15.9 Å². The molecule has 102 valence electrons. The summed E-state index contributed by atoms with van der Waals surface area (Å²) in [4.78, 5) is 25.2. The minimum absolute atomic E-state index is 0.0575. The SMILES string of the molecule is Cc1cc(CN2C(=O)C(=O)c3cc(F)cc(Br)c32)no1. The maximum Gasteiger partial charge on any atom is 0.299 e. The molecule has 0 fully saturated rings. The van der Waals surface area contributed by atoms with Gasteiger partial charge in [-0.15, -0.1) is 0 Å². The lowest BCUT2D eigenvalue weighted by Gasteiger charge is -2.16. The van der Waals surface area contributed by atoms with E-state index in [0.717, 1.165) is 6.07 Å². The van der Waals surface area contributed by atoms with E-state index in [1.165, 1.54) is 11.0 Å². The van der Waals surface area contributed by atoms with E-state index in [2.05, 4.69) is 21.1 Å². The van der Waals surface area contributed by atoms with Crippen LogP contribution in [0.2, 0.25) is 0 Å². The topological polar surface area (TPSA) is 63.4 Å². The highest BCUT2D eigenvalue weighted by atomic mass is 79.9. The van der Waals surface area contributed by atoms with Gasteiger partial charge in [0.1, 0.15) is 17.3 Å². The van der Waals surface area contributed by atoms with E-state index >= 15 is 0 Å². The number of hydrogen-bond donors (Lipinski definition) is 0. The zero-order valence-electron chi connectivity index (χ0n) is 10.3. The number of aromatic nitrogens is 1. The Kier molecular flexibility index (Phi) is 2.93. The average Bonchev–Trinajstić information content (AvgIpc) is 2.88. The molecule has 1 amide bonds. The number of Topliss-reactive ketones (excluding diaryl/α,β-unsaturated/α-hetero) is 1. The lowest BCUT2D eigenvalue weighted by atomic mass is 10.1. The zero-order valence-corrected chi connectivity index (χ0v) is 11.9. The molecule has 7 heteroatoms. The summed E-state index contributed by atoms with van der Waals surface area (Å²) >= 11 is 3.18. The molecule has 0 saturated heterocycles. The van der Waals surface area contributed by atoms with Crippen molar-refractivity contribution in [1.29, 1.82) is 0 Å². The average molecular weight is 339 g/mol. The Labute approximate surface area is 121 Å². The number of ketones is 1. The smallest absolute Gasteiger partial charge is 0.299 e. The summed E-state index contributed by atoms with van der Waals surface area (Å²) in [5.41, 5.74) is 0.942. The van der Waals surface area contributed by atoms with E-state index in [1.54, 1.807) is 13.0 Å². The highest BCUT2D eigenvalue weighted by molar-refractivity contribution is 9.10. The Bertz CT molecular complexity index is 741. The predicted molar refractivity (Wildman–Crippen MR) is 70.9 cm³/mol. The van der Waals surface area contributed by atoms with Crippen LogP contribution in [0.1, 0.15) is 21.8 Å². The summed E-state index contributed by atoms with van der Waals surface area (Å²) in [6.45, 7) is 1.83. The summed E-state index contributed by atoms with van der Waals surface area (Å²) in [5, 5.41) is 3.79. The second-order valence-electron chi connectivity index (χ2n) is 4.43. The molecule has 0 N–H and O–H groups in total. The molecular weight excluding hydrogens is 331 g/mol. The Morgan fingerprint density at radius 3 is 2.75 bits per heavy atom. The van der Waals surface area contributed by atoms with Crippen LogP contribution in [0.3, 0.4) is 0 Å². The van der Waals surface area contributed by atoms with Gasteiger partial charge in [-0.3, -0.25) is 14.5 Å². The van der Waals surface area contributed by atoms with Crippen LogP contribution in [0.15, 0.2) is 27.2 Å². The van der Waals surface area contributed by atoms with E-state index < -0.39 is 17.5 Å². The van der Waals surface area contributed by atoms with E-state index in [-0.39, 0.29) is 12.1 Å². The molecule has 1 aliphatic rings. The van der Waals surface area contributed by atoms with Gasteiger partial charge < -0.3 is 4.52 Å². The van der Waals surface area contributed by atoms with Crippen LogP contribution in [0.25, 0.3) is 0 Å². The maximum atomic E-state index is 13.3. The minimum Gasteiger partial charge on any atom is -0.361 e. The van der Waals surface area contributed by atoms with Crippen LogP contribution in [0, 0.1) is 12.7 Å². The third kappa shape index (κ3) is 1.94. The molecule has 3 rings (SSSR count). The Morgan fingerprint density at radius 2 is 2.10 bits per heavy atom. The van der Waals surface area contributed by atoms with Gasteiger partial charge in [-0.1, -0.05) is 5.16 Å². The molecule has 0 unspecified atom stereocenters. The second-order valence-corrected chi connectivity index (χ2v) is 5.29. The first-order chi connectivity index (χ1) is 9.47. The molecule has 1 aliphatic heterocycles. The van der Waals surface area contributed by atoms with Crippen molar-refractivity contribution in [2.75, 3.05) is 4.90 Å². The zero-order chi connectivity index (χ0) is 14.4. The second kappa shape index (κ2) is 4.52. The number of nitrogens with zero attached hydrogens (tertiary/aromatic N) is 2. The third-order valence-corrected chi connectivity index (χ3v) is 3.58. The van der Waals surface area contributed by atoms with E-state index in [4.69, 9.17) is 4.52 Å². The molecule has 5 nitrogen and oxygen atoms in total.